The lowest BCUT2D eigenvalue weighted by Gasteiger charge is -2.12. The second kappa shape index (κ2) is 9.59. The van der Waals surface area contributed by atoms with Crippen LogP contribution in [0.5, 0.6) is 5.75 Å². The first-order valence-electron chi connectivity index (χ1n) is 7.39. The Morgan fingerprint density at radius 2 is 1.78 bits per heavy atom. The van der Waals surface area contributed by atoms with Crippen molar-refractivity contribution in [3.63, 3.8) is 0 Å². The number of thiocarbonyl (C=S) groups is 1. The van der Waals surface area contributed by atoms with E-state index in [-0.39, 0.29) is 17.4 Å². The zero-order chi connectivity index (χ0) is 19.8. The summed E-state index contributed by atoms with van der Waals surface area (Å²) in [5, 5.41) is 12.9. The van der Waals surface area contributed by atoms with Gasteiger partial charge in [0.15, 0.2) is 11.7 Å². The van der Waals surface area contributed by atoms with E-state index in [0.29, 0.717) is 15.8 Å². The van der Waals surface area contributed by atoms with E-state index in [4.69, 9.17) is 17.0 Å². The number of nitro benzene ring substituents is 1. The molecule has 0 radical (unpaired) electrons. The first-order chi connectivity index (χ1) is 12.9. The van der Waals surface area contributed by atoms with Gasteiger partial charge in [-0.25, -0.2) is 0 Å². The van der Waals surface area contributed by atoms with Crippen LogP contribution in [0.2, 0.25) is 0 Å². The molecule has 2 amide bonds. The van der Waals surface area contributed by atoms with Gasteiger partial charge in [0.25, 0.3) is 17.5 Å². The molecule has 0 aliphatic rings. The number of nitrogens with one attached hydrogen (secondary N) is 3. The second-order valence-electron chi connectivity index (χ2n) is 4.98. The van der Waals surface area contributed by atoms with E-state index in [1.807, 2.05) is 0 Å². The van der Waals surface area contributed by atoms with Gasteiger partial charge in [0.1, 0.15) is 5.75 Å². The van der Waals surface area contributed by atoms with Gasteiger partial charge < -0.3 is 4.74 Å². The summed E-state index contributed by atoms with van der Waals surface area (Å²) in [4.78, 5) is 33.8. The molecule has 0 heterocycles. The van der Waals surface area contributed by atoms with Crippen molar-refractivity contribution in [2.45, 2.75) is 0 Å². The van der Waals surface area contributed by atoms with Crippen LogP contribution in [0.1, 0.15) is 10.4 Å². The number of benzene rings is 2. The fraction of sp³-hybridized carbons (Fsp3) is 0.0625. The molecule has 9 nitrogen and oxygen atoms in total. The third-order valence-electron chi connectivity index (χ3n) is 3.08. The van der Waals surface area contributed by atoms with E-state index in [2.05, 4.69) is 32.1 Å². The summed E-state index contributed by atoms with van der Waals surface area (Å²) in [6.07, 6.45) is 0. The lowest BCUT2D eigenvalue weighted by atomic mass is 10.2. The molecule has 0 spiro atoms. The fourth-order valence-corrected chi connectivity index (χ4v) is 2.43. The van der Waals surface area contributed by atoms with Crippen LogP contribution in [0.25, 0.3) is 0 Å². The second-order valence-corrected chi connectivity index (χ2v) is 6.24. The molecule has 0 aromatic heterocycles. The predicted molar refractivity (Wildman–Crippen MR) is 104 cm³/mol. The molecule has 0 saturated carbocycles. The highest BCUT2D eigenvalue weighted by atomic mass is 79.9. The van der Waals surface area contributed by atoms with Crippen LogP contribution < -0.4 is 20.9 Å². The Morgan fingerprint density at radius 1 is 1.11 bits per heavy atom. The Labute approximate surface area is 167 Å². The van der Waals surface area contributed by atoms with Gasteiger partial charge in [0.05, 0.1) is 10.5 Å². The molecule has 0 saturated heterocycles. The van der Waals surface area contributed by atoms with Crippen LogP contribution in [-0.2, 0) is 4.79 Å². The molecular weight excluding hydrogens is 440 g/mol. The lowest BCUT2D eigenvalue weighted by Crippen LogP contribution is -2.49. The quantitative estimate of drug-likeness (QED) is 0.360. The molecule has 0 atom stereocenters. The summed E-state index contributed by atoms with van der Waals surface area (Å²) < 4.78 is 5.79. The molecule has 0 bridgehead atoms. The van der Waals surface area contributed by atoms with Crippen molar-refractivity contribution in [2.75, 3.05) is 6.61 Å². The Balaban J connectivity index is 1.74. The van der Waals surface area contributed by atoms with Crippen LogP contribution in [0.4, 0.5) is 5.69 Å². The molecule has 140 valence electrons. The minimum atomic E-state index is -0.564. The van der Waals surface area contributed by atoms with Gasteiger partial charge in [-0.15, -0.1) is 0 Å². The van der Waals surface area contributed by atoms with E-state index < -0.39 is 16.7 Å². The number of nitro groups is 1. The zero-order valence-electron chi connectivity index (χ0n) is 13.6. The van der Waals surface area contributed by atoms with Crippen LogP contribution in [0, 0.1) is 10.1 Å². The Morgan fingerprint density at radius 3 is 2.41 bits per heavy atom. The third kappa shape index (κ3) is 6.31. The van der Waals surface area contributed by atoms with Crippen molar-refractivity contribution in [3.05, 3.63) is 68.7 Å². The van der Waals surface area contributed by atoms with Crippen LogP contribution in [0.15, 0.2) is 53.0 Å². The van der Waals surface area contributed by atoms with Crippen LogP contribution >= 0.6 is 28.1 Å². The number of carbonyl (C=O) groups excluding carboxylic acids is 2. The van der Waals surface area contributed by atoms with Gasteiger partial charge in [0, 0.05) is 16.6 Å². The monoisotopic (exact) mass is 452 g/mol. The molecule has 0 unspecified atom stereocenters. The minimum Gasteiger partial charge on any atom is -0.484 e. The smallest absolute Gasteiger partial charge is 0.276 e. The van der Waals surface area contributed by atoms with Crippen molar-refractivity contribution in [1.82, 2.24) is 16.2 Å². The molecule has 2 aromatic rings. The van der Waals surface area contributed by atoms with Crippen LogP contribution in [-0.4, -0.2) is 28.5 Å². The van der Waals surface area contributed by atoms with Crippen LogP contribution in [0.3, 0.4) is 0 Å². The molecule has 2 aromatic carbocycles. The highest BCUT2D eigenvalue weighted by Crippen LogP contribution is 2.17. The molecule has 0 aliphatic heterocycles. The number of non-ortho nitro benzene ring substituents is 1. The predicted octanol–water partition coefficient (Wildman–Crippen LogP) is 2.07. The maximum Gasteiger partial charge on any atom is 0.276 e. The summed E-state index contributed by atoms with van der Waals surface area (Å²) in [7, 11) is 0. The largest absolute Gasteiger partial charge is 0.484 e. The summed E-state index contributed by atoms with van der Waals surface area (Å²) in [6.45, 7) is -0.356. The zero-order valence-corrected chi connectivity index (χ0v) is 16.0. The number of hydrogen-bond donors (Lipinski definition) is 3. The lowest BCUT2D eigenvalue weighted by molar-refractivity contribution is -0.384. The van der Waals surface area contributed by atoms with Crippen molar-refractivity contribution < 1.29 is 19.2 Å². The van der Waals surface area contributed by atoms with Crippen molar-refractivity contribution in [2.24, 2.45) is 0 Å². The molecule has 0 fully saturated rings. The van der Waals surface area contributed by atoms with Gasteiger partial charge in [-0.2, -0.15) is 0 Å². The number of halogens is 1. The molecular formula is C16H13BrN4O5S. The molecule has 0 aliphatic carbocycles. The summed E-state index contributed by atoms with van der Waals surface area (Å²) in [6, 6.07) is 12.1. The number of rotatable bonds is 5. The Hall–Kier alpha value is -3.05. The normalized spacial score (nSPS) is 9.81. The Bertz CT molecular complexity index is 875. The summed E-state index contributed by atoms with van der Waals surface area (Å²) in [5.74, 6) is -0.720. The third-order valence-corrected chi connectivity index (χ3v) is 3.97. The van der Waals surface area contributed by atoms with E-state index in [1.165, 1.54) is 24.3 Å². The SMILES string of the molecule is O=C(COc1ccc([N+](=O)[O-])cc1)NNC(=S)NC(=O)c1ccccc1Br. The molecule has 3 N–H and O–H groups in total. The maximum atomic E-state index is 12.1. The van der Waals surface area contributed by atoms with Crippen molar-refractivity contribution in [3.8, 4) is 5.75 Å². The number of carbonyl (C=O) groups is 2. The topological polar surface area (TPSA) is 123 Å². The number of amides is 2. The van der Waals surface area contributed by atoms with Gasteiger partial charge in [-0.1, -0.05) is 12.1 Å². The van der Waals surface area contributed by atoms with Crippen molar-refractivity contribution in [1.29, 1.82) is 0 Å². The average Bonchev–Trinajstić information content (AvgIpc) is 2.65. The van der Waals surface area contributed by atoms with E-state index >= 15 is 0 Å². The highest BCUT2D eigenvalue weighted by molar-refractivity contribution is 9.10. The summed E-state index contributed by atoms with van der Waals surface area (Å²) in [5.41, 5.74) is 4.94. The van der Waals surface area contributed by atoms with E-state index in [9.17, 15) is 19.7 Å². The Kier molecular flexibility index (Phi) is 7.20. The molecule has 27 heavy (non-hydrogen) atoms. The first kappa shape index (κ1) is 20.3. The first-order valence-corrected chi connectivity index (χ1v) is 8.59. The number of hydrazine groups is 1. The van der Waals surface area contributed by atoms with E-state index in [1.54, 1.807) is 24.3 Å². The maximum absolute atomic E-state index is 12.1. The highest BCUT2D eigenvalue weighted by Gasteiger charge is 2.11. The van der Waals surface area contributed by atoms with Gasteiger partial charge in [-0.05, 0) is 52.4 Å². The van der Waals surface area contributed by atoms with Gasteiger partial charge in [-0.3, -0.25) is 35.9 Å². The standard InChI is InChI=1S/C16H13BrN4O5S/c17-13-4-2-1-3-12(13)15(23)18-16(27)20-19-14(22)9-26-11-7-5-10(6-8-11)21(24)25/h1-8H,9H2,(H,19,22)(H2,18,20,23,27). The number of ether oxygens (including phenoxy) is 1. The number of nitrogens with zero attached hydrogens (tertiary/aromatic N) is 1. The fourth-order valence-electron chi connectivity index (χ4n) is 1.82. The average molecular weight is 453 g/mol. The van der Waals surface area contributed by atoms with Gasteiger partial charge in [0.2, 0.25) is 0 Å². The molecule has 2 rings (SSSR count). The minimum absolute atomic E-state index is 0.0837. The van der Waals surface area contributed by atoms with Crippen molar-refractivity contribution >= 4 is 50.8 Å². The van der Waals surface area contributed by atoms with Gasteiger partial charge >= 0.3 is 0 Å². The summed E-state index contributed by atoms with van der Waals surface area (Å²) >= 11 is 8.19. The van der Waals surface area contributed by atoms with E-state index in [0.717, 1.165) is 0 Å². The molecule has 11 heteroatoms. The number of hydrogen-bond acceptors (Lipinski definition) is 6.